The molecular weight excluding hydrogens is 480 g/mol. The molecule has 5 nitrogen and oxygen atoms in total. The van der Waals surface area contributed by atoms with Crippen LogP contribution in [0.3, 0.4) is 0 Å². The molecule has 4 aromatic carbocycles. The summed E-state index contributed by atoms with van der Waals surface area (Å²) >= 11 is 0. The van der Waals surface area contributed by atoms with E-state index in [-0.39, 0.29) is 6.23 Å². The Hall–Kier alpha value is -4.51. The second-order valence-corrected chi connectivity index (χ2v) is 11.4. The van der Waals surface area contributed by atoms with Gasteiger partial charge in [-0.2, -0.15) is 0 Å². The van der Waals surface area contributed by atoms with Crippen LogP contribution in [0.4, 0.5) is 5.69 Å². The van der Waals surface area contributed by atoms with Crippen molar-refractivity contribution in [2.24, 2.45) is 0 Å². The lowest BCUT2D eigenvalue weighted by molar-refractivity contribution is 0.221. The van der Waals surface area contributed by atoms with E-state index in [1.165, 1.54) is 87.9 Å². The molecule has 5 heteroatoms. The summed E-state index contributed by atoms with van der Waals surface area (Å²) in [5.74, 6) is 0.973. The standard InChI is InChI=1S/C34H28N4O/c1-16-23-15-35-13-11-20(23)17(2)32-29(16)30-25(37-32)9-10-26-33(30)38-14-12-21-18(3)31-27(19(4)28(21)34(38)39-26)22-7-5-6-8-24(22)36-31/h5-11,13,15,34,36-37H,12,14H2,1-4H3. The summed E-state index contributed by atoms with van der Waals surface area (Å²) in [6.45, 7) is 9.93. The Morgan fingerprint density at radius 3 is 2.49 bits per heavy atom. The maximum absolute atomic E-state index is 6.88. The third-order valence-electron chi connectivity index (χ3n) is 9.58. The number of H-pyrrole nitrogens is 2. The van der Waals surface area contributed by atoms with Crippen LogP contribution in [0, 0.1) is 27.7 Å². The molecule has 2 aliphatic rings. The zero-order valence-electron chi connectivity index (χ0n) is 22.5. The number of nitrogens with one attached hydrogen (secondary N) is 2. The summed E-state index contributed by atoms with van der Waals surface area (Å²) in [5, 5.41) is 7.64. The summed E-state index contributed by atoms with van der Waals surface area (Å²) in [5.41, 5.74) is 14.0. The molecule has 3 aromatic heterocycles. The molecule has 2 aliphatic heterocycles. The fourth-order valence-corrected chi connectivity index (χ4v) is 7.74. The second kappa shape index (κ2) is 7.11. The molecule has 0 fully saturated rings. The highest BCUT2D eigenvalue weighted by atomic mass is 16.5. The van der Waals surface area contributed by atoms with Gasteiger partial charge >= 0.3 is 0 Å². The first kappa shape index (κ1) is 21.4. The van der Waals surface area contributed by atoms with Crippen LogP contribution in [0.1, 0.15) is 39.6 Å². The number of nitrogens with zero attached hydrogens (tertiary/aromatic N) is 2. The van der Waals surface area contributed by atoms with Gasteiger partial charge in [-0.3, -0.25) is 4.98 Å². The zero-order valence-corrected chi connectivity index (χ0v) is 22.5. The van der Waals surface area contributed by atoms with Gasteiger partial charge in [0.1, 0.15) is 5.75 Å². The molecule has 0 saturated heterocycles. The molecule has 1 unspecified atom stereocenters. The van der Waals surface area contributed by atoms with Gasteiger partial charge in [0, 0.05) is 68.0 Å². The largest absolute Gasteiger partial charge is 0.464 e. The Balaban J connectivity index is 1.33. The van der Waals surface area contributed by atoms with E-state index in [0.29, 0.717) is 0 Å². The van der Waals surface area contributed by atoms with Crippen molar-refractivity contribution in [3.05, 3.63) is 88.2 Å². The second-order valence-electron chi connectivity index (χ2n) is 11.4. The first-order valence-corrected chi connectivity index (χ1v) is 13.8. The number of aromatic nitrogens is 3. The molecule has 0 saturated carbocycles. The van der Waals surface area contributed by atoms with Gasteiger partial charge in [-0.15, -0.1) is 0 Å². The van der Waals surface area contributed by atoms with Crippen LogP contribution in [-0.2, 0) is 6.42 Å². The van der Waals surface area contributed by atoms with Crippen molar-refractivity contribution >= 4 is 60.1 Å². The van der Waals surface area contributed by atoms with E-state index in [1.807, 2.05) is 12.4 Å². The molecule has 0 aliphatic carbocycles. The number of anilines is 1. The van der Waals surface area contributed by atoms with Gasteiger partial charge in [0.25, 0.3) is 0 Å². The number of hydrogen-bond donors (Lipinski definition) is 2. The van der Waals surface area contributed by atoms with Crippen molar-refractivity contribution in [1.82, 2.24) is 15.0 Å². The minimum atomic E-state index is -0.125. The monoisotopic (exact) mass is 508 g/mol. The lowest BCUT2D eigenvalue weighted by atomic mass is 9.87. The van der Waals surface area contributed by atoms with Crippen molar-refractivity contribution in [3.63, 3.8) is 0 Å². The third-order valence-corrected chi connectivity index (χ3v) is 9.58. The van der Waals surface area contributed by atoms with Gasteiger partial charge in [-0.05, 0) is 91.6 Å². The van der Waals surface area contributed by atoms with Crippen molar-refractivity contribution in [2.75, 3.05) is 11.4 Å². The minimum Gasteiger partial charge on any atom is -0.464 e. The Bertz CT molecular complexity index is 2220. The van der Waals surface area contributed by atoms with E-state index in [1.54, 1.807) is 0 Å². The summed E-state index contributed by atoms with van der Waals surface area (Å²) in [7, 11) is 0. The first-order chi connectivity index (χ1) is 19.0. The SMILES string of the molecule is Cc1c2c(c(C)c3c1[nH]c1ccccc13)C1Oc3ccc4[nH]c5c(C)c6ccncc6c(C)c5c4c3N1CC2. The topological polar surface area (TPSA) is 56.9 Å². The molecule has 0 radical (unpaired) electrons. The average molecular weight is 509 g/mol. The minimum absolute atomic E-state index is 0.125. The molecule has 0 amide bonds. The van der Waals surface area contributed by atoms with Crippen molar-refractivity contribution < 1.29 is 4.74 Å². The quantitative estimate of drug-likeness (QED) is 0.217. The Morgan fingerprint density at radius 2 is 1.59 bits per heavy atom. The van der Waals surface area contributed by atoms with Gasteiger partial charge in [0.15, 0.2) is 6.23 Å². The maximum atomic E-state index is 6.88. The number of para-hydroxylation sites is 1. The number of benzene rings is 4. The van der Waals surface area contributed by atoms with E-state index < -0.39 is 0 Å². The zero-order chi connectivity index (χ0) is 26.2. The van der Waals surface area contributed by atoms with E-state index in [4.69, 9.17) is 4.74 Å². The van der Waals surface area contributed by atoms with E-state index >= 15 is 0 Å². The molecule has 2 N–H and O–H groups in total. The molecule has 7 aromatic rings. The first-order valence-electron chi connectivity index (χ1n) is 13.8. The van der Waals surface area contributed by atoms with Crippen LogP contribution in [-0.4, -0.2) is 21.5 Å². The van der Waals surface area contributed by atoms with Crippen LogP contribution in [0.5, 0.6) is 5.75 Å². The molecule has 39 heavy (non-hydrogen) atoms. The fraction of sp³-hybridized carbons (Fsp3) is 0.206. The molecule has 190 valence electrons. The van der Waals surface area contributed by atoms with Crippen molar-refractivity contribution in [1.29, 1.82) is 0 Å². The highest BCUT2D eigenvalue weighted by molar-refractivity contribution is 6.21. The highest BCUT2D eigenvalue weighted by Gasteiger charge is 2.41. The molecule has 1 atom stereocenters. The van der Waals surface area contributed by atoms with Gasteiger partial charge in [-0.1, -0.05) is 18.2 Å². The molecular formula is C34H28N4O. The number of aryl methyl sites for hydroxylation is 4. The number of rotatable bonds is 0. The van der Waals surface area contributed by atoms with Crippen molar-refractivity contribution in [2.45, 2.75) is 40.3 Å². The number of fused-ring (bicyclic) bond motifs is 13. The molecule has 0 spiro atoms. The van der Waals surface area contributed by atoms with Gasteiger partial charge in [0.05, 0.1) is 11.2 Å². The number of aromatic amines is 2. The van der Waals surface area contributed by atoms with Crippen LogP contribution in [0.2, 0.25) is 0 Å². The Labute approximate surface area is 225 Å². The van der Waals surface area contributed by atoms with E-state index in [2.05, 4.69) is 90.0 Å². The molecule has 5 heterocycles. The van der Waals surface area contributed by atoms with Gasteiger partial charge in [-0.25, -0.2) is 0 Å². The van der Waals surface area contributed by atoms with Crippen LogP contribution in [0.15, 0.2) is 54.9 Å². The van der Waals surface area contributed by atoms with Gasteiger partial charge < -0.3 is 19.6 Å². The summed E-state index contributed by atoms with van der Waals surface area (Å²) < 4.78 is 6.88. The van der Waals surface area contributed by atoms with E-state index in [0.717, 1.165) is 24.2 Å². The Kier molecular flexibility index (Phi) is 3.91. The lowest BCUT2D eigenvalue weighted by Gasteiger charge is -2.34. The molecule has 9 rings (SSSR count). The summed E-state index contributed by atoms with van der Waals surface area (Å²) in [4.78, 5) is 14.5. The third kappa shape index (κ3) is 2.49. The fourth-order valence-electron chi connectivity index (χ4n) is 7.74. The Morgan fingerprint density at radius 1 is 0.769 bits per heavy atom. The molecule has 0 bridgehead atoms. The highest BCUT2D eigenvalue weighted by Crippen LogP contribution is 2.54. The van der Waals surface area contributed by atoms with Gasteiger partial charge in [0.2, 0.25) is 0 Å². The summed E-state index contributed by atoms with van der Waals surface area (Å²) in [6, 6.07) is 15.1. The van der Waals surface area contributed by atoms with Crippen LogP contribution in [0.25, 0.3) is 54.4 Å². The smallest absolute Gasteiger partial charge is 0.199 e. The number of hydrogen-bond acceptors (Lipinski definition) is 3. The van der Waals surface area contributed by atoms with Crippen LogP contribution < -0.4 is 9.64 Å². The number of ether oxygens (including phenoxy) is 1. The average Bonchev–Trinajstić information content (AvgIpc) is 3.65. The number of pyridine rings is 1. The van der Waals surface area contributed by atoms with Crippen LogP contribution >= 0.6 is 0 Å². The normalized spacial score (nSPS) is 16.4. The van der Waals surface area contributed by atoms with Crippen molar-refractivity contribution in [3.8, 4) is 5.75 Å². The predicted octanol–water partition coefficient (Wildman–Crippen LogP) is 8.19. The predicted molar refractivity (Wildman–Crippen MR) is 160 cm³/mol. The van der Waals surface area contributed by atoms with E-state index in [9.17, 15) is 0 Å². The maximum Gasteiger partial charge on any atom is 0.199 e. The summed E-state index contributed by atoms with van der Waals surface area (Å²) in [6.07, 6.45) is 4.77. The lowest BCUT2D eigenvalue weighted by Crippen LogP contribution is -2.35.